The number of pyridine rings is 1. The normalized spacial score (nSPS) is 14.6. The summed E-state index contributed by atoms with van der Waals surface area (Å²) in [6, 6.07) is 11.4. The van der Waals surface area contributed by atoms with E-state index in [-0.39, 0.29) is 5.91 Å². The van der Waals surface area contributed by atoms with Gasteiger partial charge in [0.15, 0.2) is 0 Å². The first-order valence-electron chi connectivity index (χ1n) is 8.48. The number of anilines is 2. The summed E-state index contributed by atoms with van der Waals surface area (Å²) in [5, 5.41) is 4.20. The fourth-order valence-electron chi connectivity index (χ4n) is 3.23. The van der Waals surface area contributed by atoms with Gasteiger partial charge in [-0.25, -0.2) is 4.98 Å². The Hall–Kier alpha value is -2.57. The number of halogens is 1. The van der Waals surface area contributed by atoms with Crippen LogP contribution in [0, 0.1) is 0 Å². The molecule has 0 bridgehead atoms. The zero-order valence-electron chi connectivity index (χ0n) is 14.4. The van der Waals surface area contributed by atoms with Crippen molar-refractivity contribution in [1.82, 2.24) is 9.55 Å². The van der Waals surface area contributed by atoms with Crippen molar-refractivity contribution in [3.63, 3.8) is 0 Å². The Bertz CT molecular complexity index is 907. The highest BCUT2D eigenvalue weighted by atomic mass is 35.5. The van der Waals surface area contributed by atoms with Crippen LogP contribution in [0.1, 0.15) is 10.5 Å². The number of carbonyl (C=O) groups excluding carboxylic acids is 1. The van der Waals surface area contributed by atoms with E-state index >= 15 is 0 Å². The fourth-order valence-corrected chi connectivity index (χ4v) is 3.60. The maximum absolute atomic E-state index is 12.7. The number of nitrogens with zero attached hydrogens (tertiary/aromatic N) is 3. The zero-order chi connectivity index (χ0) is 18.1. The molecule has 0 spiro atoms. The highest BCUT2D eigenvalue weighted by Crippen LogP contribution is 2.30. The second kappa shape index (κ2) is 6.97. The Labute approximate surface area is 156 Å². The Kier molecular flexibility index (Phi) is 4.53. The van der Waals surface area contributed by atoms with Crippen molar-refractivity contribution in [2.24, 2.45) is 7.05 Å². The number of para-hydroxylation sites is 1. The molecular formula is C19H19ClN4O2. The summed E-state index contributed by atoms with van der Waals surface area (Å²) in [7, 11) is 1.84. The molecule has 1 aromatic carbocycles. The predicted molar refractivity (Wildman–Crippen MR) is 103 cm³/mol. The third-order valence-electron chi connectivity index (χ3n) is 4.60. The number of morpholine rings is 1. The molecular weight excluding hydrogens is 352 g/mol. The van der Waals surface area contributed by atoms with E-state index in [2.05, 4.69) is 15.2 Å². The molecule has 0 atom stereocenters. The Morgan fingerprint density at radius 3 is 2.65 bits per heavy atom. The molecule has 0 aliphatic carbocycles. The first kappa shape index (κ1) is 16.9. The van der Waals surface area contributed by atoms with Crippen molar-refractivity contribution in [1.29, 1.82) is 0 Å². The number of fused-ring (bicyclic) bond motifs is 1. The Morgan fingerprint density at radius 1 is 1.19 bits per heavy atom. The monoisotopic (exact) mass is 370 g/mol. The van der Waals surface area contributed by atoms with Crippen LogP contribution in [0.15, 0.2) is 42.6 Å². The fraction of sp³-hybridized carbons (Fsp3) is 0.263. The smallest absolute Gasteiger partial charge is 0.273 e. The number of hydrogen-bond donors (Lipinski definition) is 1. The number of nitrogens with one attached hydrogen (secondary N) is 1. The third-order valence-corrected chi connectivity index (χ3v) is 4.98. The Morgan fingerprint density at radius 2 is 1.96 bits per heavy atom. The average molecular weight is 371 g/mol. The molecule has 1 N–H and O–H groups in total. The molecule has 4 rings (SSSR count). The first-order valence-corrected chi connectivity index (χ1v) is 8.86. The molecule has 0 radical (unpaired) electrons. The number of carbonyl (C=O) groups is 1. The number of benzene rings is 1. The summed E-state index contributed by atoms with van der Waals surface area (Å²) in [5.74, 6) is 0.628. The molecule has 6 nitrogen and oxygen atoms in total. The molecule has 0 saturated carbocycles. The van der Waals surface area contributed by atoms with E-state index in [0.29, 0.717) is 29.6 Å². The van der Waals surface area contributed by atoms with Crippen LogP contribution in [-0.2, 0) is 11.8 Å². The summed E-state index contributed by atoms with van der Waals surface area (Å²) in [5.41, 5.74) is 1.99. The van der Waals surface area contributed by atoms with Gasteiger partial charge in [0.05, 0.1) is 30.1 Å². The number of aryl methyl sites for hydroxylation is 1. The standard InChI is InChI=1S/C19H19ClN4O2/c1-23-15-5-3-2-4-14(15)17(20)18(23)19(25)22-13-6-7-16(21-12-13)24-8-10-26-11-9-24/h2-7,12H,8-11H2,1H3,(H,22,25). The lowest BCUT2D eigenvalue weighted by atomic mass is 10.2. The van der Waals surface area contributed by atoms with E-state index < -0.39 is 0 Å². The summed E-state index contributed by atoms with van der Waals surface area (Å²) < 4.78 is 7.16. The van der Waals surface area contributed by atoms with E-state index in [4.69, 9.17) is 16.3 Å². The first-order chi connectivity index (χ1) is 12.6. The van der Waals surface area contributed by atoms with Crippen molar-refractivity contribution in [2.45, 2.75) is 0 Å². The number of hydrogen-bond acceptors (Lipinski definition) is 4. The van der Waals surface area contributed by atoms with Gasteiger partial charge < -0.3 is 19.5 Å². The van der Waals surface area contributed by atoms with Gasteiger partial charge in [-0.3, -0.25) is 4.79 Å². The van der Waals surface area contributed by atoms with Gasteiger partial charge in [0.2, 0.25) is 0 Å². The molecule has 1 saturated heterocycles. The van der Waals surface area contributed by atoms with Crippen LogP contribution in [0.2, 0.25) is 5.02 Å². The Balaban J connectivity index is 1.55. The lowest BCUT2D eigenvalue weighted by Crippen LogP contribution is -2.36. The molecule has 2 aromatic heterocycles. The van der Waals surface area contributed by atoms with Gasteiger partial charge in [-0.05, 0) is 18.2 Å². The number of rotatable bonds is 3. The van der Waals surface area contributed by atoms with Crippen molar-refractivity contribution >= 4 is 39.9 Å². The van der Waals surface area contributed by atoms with Crippen LogP contribution in [0.5, 0.6) is 0 Å². The summed E-state index contributed by atoms with van der Waals surface area (Å²) in [6.07, 6.45) is 1.67. The maximum atomic E-state index is 12.7. The van der Waals surface area contributed by atoms with Crippen LogP contribution in [0.25, 0.3) is 10.9 Å². The van der Waals surface area contributed by atoms with E-state index in [1.165, 1.54) is 0 Å². The summed E-state index contributed by atoms with van der Waals surface area (Å²) in [6.45, 7) is 3.06. The number of ether oxygens (including phenoxy) is 1. The van der Waals surface area contributed by atoms with Gasteiger partial charge in [0.25, 0.3) is 5.91 Å². The SMILES string of the molecule is Cn1c(C(=O)Nc2ccc(N3CCOCC3)nc2)c(Cl)c2ccccc21. The summed E-state index contributed by atoms with van der Waals surface area (Å²) >= 11 is 6.43. The highest BCUT2D eigenvalue weighted by Gasteiger charge is 2.20. The van der Waals surface area contributed by atoms with Crippen LogP contribution >= 0.6 is 11.6 Å². The van der Waals surface area contributed by atoms with Crippen LogP contribution in [0.3, 0.4) is 0 Å². The van der Waals surface area contributed by atoms with Gasteiger partial charge in [0.1, 0.15) is 11.5 Å². The van der Waals surface area contributed by atoms with Gasteiger partial charge in [-0.15, -0.1) is 0 Å². The quantitative estimate of drug-likeness (QED) is 0.768. The summed E-state index contributed by atoms with van der Waals surface area (Å²) in [4.78, 5) is 19.4. The minimum Gasteiger partial charge on any atom is -0.378 e. The lowest BCUT2D eigenvalue weighted by molar-refractivity contribution is 0.102. The minimum absolute atomic E-state index is 0.255. The molecule has 1 aliphatic rings. The molecule has 1 fully saturated rings. The second-order valence-corrected chi connectivity index (χ2v) is 6.58. The van der Waals surface area contributed by atoms with Gasteiger partial charge in [-0.1, -0.05) is 29.8 Å². The van der Waals surface area contributed by atoms with E-state index in [0.717, 1.165) is 29.8 Å². The molecule has 3 aromatic rings. The van der Waals surface area contributed by atoms with Gasteiger partial charge in [-0.2, -0.15) is 0 Å². The number of aromatic nitrogens is 2. The van der Waals surface area contributed by atoms with Gasteiger partial charge in [0, 0.05) is 31.0 Å². The van der Waals surface area contributed by atoms with Crippen molar-refractivity contribution in [2.75, 3.05) is 36.5 Å². The second-order valence-electron chi connectivity index (χ2n) is 6.20. The molecule has 7 heteroatoms. The van der Waals surface area contributed by atoms with Crippen molar-refractivity contribution in [3.8, 4) is 0 Å². The van der Waals surface area contributed by atoms with Crippen LogP contribution < -0.4 is 10.2 Å². The lowest BCUT2D eigenvalue weighted by Gasteiger charge is -2.27. The highest BCUT2D eigenvalue weighted by molar-refractivity contribution is 6.39. The molecule has 3 heterocycles. The topological polar surface area (TPSA) is 59.4 Å². The van der Waals surface area contributed by atoms with E-state index in [9.17, 15) is 4.79 Å². The minimum atomic E-state index is -0.255. The predicted octanol–water partition coefficient (Wildman–Crippen LogP) is 3.32. The molecule has 0 unspecified atom stereocenters. The third kappa shape index (κ3) is 3.02. The van der Waals surface area contributed by atoms with Crippen molar-refractivity contribution < 1.29 is 9.53 Å². The van der Waals surface area contributed by atoms with E-state index in [1.807, 2.05) is 48.0 Å². The maximum Gasteiger partial charge on any atom is 0.273 e. The van der Waals surface area contributed by atoms with Crippen LogP contribution in [0.4, 0.5) is 11.5 Å². The molecule has 1 amide bonds. The van der Waals surface area contributed by atoms with E-state index in [1.54, 1.807) is 6.20 Å². The van der Waals surface area contributed by atoms with Gasteiger partial charge >= 0.3 is 0 Å². The van der Waals surface area contributed by atoms with Crippen LogP contribution in [-0.4, -0.2) is 41.8 Å². The van der Waals surface area contributed by atoms with Crippen molar-refractivity contribution in [3.05, 3.63) is 53.3 Å². The molecule has 134 valence electrons. The number of amides is 1. The molecule has 1 aliphatic heterocycles. The zero-order valence-corrected chi connectivity index (χ0v) is 15.2. The largest absolute Gasteiger partial charge is 0.378 e. The molecule has 26 heavy (non-hydrogen) atoms. The average Bonchev–Trinajstić information content (AvgIpc) is 2.94.